The first-order valence-electron chi connectivity index (χ1n) is 5.40. The van der Waals surface area contributed by atoms with Crippen molar-refractivity contribution in [2.75, 3.05) is 0 Å². The fourth-order valence-electron chi connectivity index (χ4n) is 1.89. The molecule has 1 aromatic heterocycles. The summed E-state index contributed by atoms with van der Waals surface area (Å²) < 4.78 is 0. The van der Waals surface area contributed by atoms with Crippen LogP contribution in [0.15, 0.2) is 59.3 Å². The highest BCUT2D eigenvalue weighted by Gasteiger charge is 2.09. The molecule has 2 heteroatoms. The minimum absolute atomic E-state index is 0.0944. The standard InChI is InChI=1S/C15H10OS/c16-15(14-7-8-17-10-14)13-6-5-11-3-1-2-4-12(11)9-13/h1-10H. The number of hydrogen-bond donors (Lipinski definition) is 0. The zero-order valence-electron chi connectivity index (χ0n) is 9.09. The molecule has 0 aliphatic rings. The average Bonchev–Trinajstić information content (AvgIpc) is 2.91. The number of fused-ring (bicyclic) bond motifs is 1. The third-order valence-electron chi connectivity index (χ3n) is 2.80. The first-order valence-corrected chi connectivity index (χ1v) is 6.34. The largest absolute Gasteiger partial charge is 0.289 e. The molecule has 2 aromatic carbocycles. The van der Waals surface area contributed by atoms with Gasteiger partial charge in [-0.3, -0.25) is 4.79 Å². The number of carbonyl (C=O) groups excluding carboxylic acids is 1. The molecule has 82 valence electrons. The van der Waals surface area contributed by atoms with Gasteiger partial charge in [0.25, 0.3) is 0 Å². The zero-order chi connectivity index (χ0) is 11.7. The molecule has 3 rings (SSSR count). The van der Waals surface area contributed by atoms with Crippen molar-refractivity contribution in [2.45, 2.75) is 0 Å². The first-order chi connectivity index (χ1) is 8.34. The molecule has 0 saturated heterocycles. The number of rotatable bonds is 2. The third kappa shape index (κ3) is 1.87. The van der Waals surface area contributed by atoms with E-state index in [0.29, 0.717) is 0 Å². The van der Waals surface area contributed by atoms with Gasteiger partial charge in [-0.25, -0.2) is 0 Å². The molecule has 17 heavy (non-hydrogen) atoms. The molecular weight excluding hydrogens is 228 g/mol. The molecular formula is C15H10OS. The van der Waals surface area contributed by atoms with Crippen molar-refractivity contribution in [3.63, 3.8) is 0 Å². The molecule has 0 radical (unpaired) electrons. The van der Waals surface area contributed by atoms with Gasteiger partial charge in [0.15, 0.2) is 5.78 Å². The van der Waals surface area contributed by atoms with Crippen molar-refractivity contribution in [2.24, 2.45) is 0 Å². The van der Waals surface area contributed by atoms with Gasteiger partial charge >= 0.3 is 0 Å². The number of hydrogen-bond acceptors (Lipinski definition) is 2. The Labute approximate surface area is 103 Å². The van der Waals surface area contributed by atoms with Gasteiger partial charge in [-0.2, -0.15) is 11.3 Å². The van der Waals surface area contributed by atoms with E-state index in [0.717, 1.165) is 21.9 Å². The Morgan fingerprint density at radius 1 is 0.882 bits per heavy atom. The van der Waals surface area contributed by atoms with Crippen LogP contribution in [0.5, 0.6) is 0 Å². The number of ketones is 1. The Kier molecular flexibility index (Phi) is 2.50. The van der Waals surface area contributed by atoms with E-state index in [1.807, 2.05) is 59.3 Å². The van der Waals surface area contributed by atoms with Crippen LogP contribution in [0.2, 0.25) is 0 Å². The van der Waals surface area contributed by atoms with Gasteiger partial charge in [-0.05, 0) is 28.3 Å². The summed E-state index contributed by atoms with van der Waals surface area (Å²) in [7, 11) is 0. The minimum atomic E-state index is 0.0944. The fourth-order valence-corrected chi connectivity index (χ4v) is 2.53. The average molecular weight is 238 g/mol. The highest BCUT2D eigenvalue weighted by Crippen LogP contribution is 2.19. The Balaban J connectivity index is 2.09. The van der Waals surface area contributed by atoms with Crippen molar-refractivity contribution in [1.82, 2.24) is 0 Å². The Morgan fingerprint density at radius 2 is 1.71 bits per heavy atom. The lowest BCUT2D eigenvalue weighted by Crippen LogP contribution is -1.98. The van der Waals surface area contributed by atoms with Crippen LogP contribution in [0.3, 0.4) is 0 Å². The van der Waals surface area contributed by atoms with Gasteiger partial charge in [0.2, 0.25) is 0 Å². The third-order valence-corrected chi connectivity index (χ3v) is 3.48. The fraction of sp³-hybridized carbons (Fsp3) is 0. The summed E-state index contributed by atoms with van der Waals surface area (Å²) in [5.74, 6) is 0.0944. The summed E-state index contributed by atoms with van der Waals surface area (Å²) in [6.07, 6.45) is 0. The lowest BCUT2D eigenvalue weighted by atomic mass is 10.0. The minimum Gasteiger partial charge on any atom is -0.289 e. The van der Waals surface area contributed by atoms with Crippen LogP contribution in [-0.4, -0.2) is 5.78 Å². The topological polar surface area (TPSA) is 17.1 Å². The van der Waals surface area contributed by atoms with Crippen LogP contribution in [0, 0.1) is 0 Å². The van der Waals surface area contributed by atoms with E-state index in [1.54, 1.807) is 11.3 Å². The number of thiophene rings is 1. The van der Waals surface area contributed by atoms with E-state index >= 15 is 0 Å². The Hall–Kier alpha value is -1.93. The summed E-state index contributed by atoms with van der Waals surface area (Å²) in [6, 6.07) is 15.8. The molecule has 0 aliphatic carbocycles. The van der Waals surface area contributed by atoms with Crippen LogP contribution in [-0.2, 0) is 0 Å². The molecule has 0 bridgehead atoms. The van der Waals surface area contributed by atoms with Crippen molar-refractivity contribution in [3.8, 4) is 0 Å². The molecule has 0 atom stereocenters. The molecule has 0 spiro atoms. The van der Waals surface area contributed by atoms with Crippen molar-refractivity contribution >= 4 is 27.9 Å². The second kappa shape index (κ2) is 4.15. The van der Waals surface area contributed by atoms with E-state index in [-0.39, 0.29) is 5.78 Å². The number of benzene rings is 2. The molecule has 1 nitrogen and oxygen atoms in total. The summed E-state index contributed by atoms with van der Waals surface area (Å²) in [6.45, 7) is 0. The van der Waals surface area contributed by atoms with Crippen molar-refractivity contribution < 1.29 is 4.79 Å². The van der Waals surface area contributed by atoms with Gasteiger partial charge in [0.05, 0.1) is 0 Å². The van der Waals surface area contributed by atoms with E-state index in [1.165, 1.54) is 0 Å². The normalized spacial score (nSPS) is 10.6. The zero-order valence-corrected chi connectivity index (χ0v) is 9.91. The van der Waals surface area contributed by atoms with E-state index in [9.17, 15) is 4.79 Å². The SMILES string of the molecule is O=C(c1ccsc1)c1ccc2ccccc2c1. The van der Waals surface area contributed by atoms with Gasteiger partial charge < -0.3 is 0 Å². The maximum atomic E-state index is 12.2. The smallest absolute Gasteiger partial charge is 0.193 e. The van der Waals surface area contributed by atoms with Crippen LogP contribution >= 0.6 is 11.3 Å². The summed E-state index contributed by atoms with van der Waals surface area (Å²) in [4.78, 5) is 12.2. The lowest BCUT2D eigenvalue weighted by molar-refractivity contribution is 0.103. The van der Waals surface area contributed by atoms with E-state index < -0.39 is 0 Å². The van der Waals surface area contributed by atoms with Gasteiger partial charge in [-0.15, -0.1) is 0 Å². The van der Waals surface area contributed by atoms with Gasteiger partial charge in [0.1, 0.15) is 0 Å². The maximum absolute atomic E-state index is 12.2. The van der Waals surface area contributed by atoms with Crippen LogP contribution in [0.4, 0.5) is 0 Å². The predicted octanol–water partition coefficient (Wildman–Crippen LogP) is 4.13. The molecule has 1 heterocycles. The molecule has 0 unspecified atom stereocenters. The van der Waals surface area contributed by atoms with E-state index in [4.69, 9.17) is 0 Å². The molecule has 0 saturated carbocycles. The molecule has 0 aliphatic heterocycles. The van der Waals surface area contributed by atoms with Gasteiger partial charge in [-0.1, -0.05) is 36.4 Å². The van der Waals surface area contributed by atoms with Gasteiger partial charge in [0, 0.05) is 16.5 Å². The summed E-state index contributed by atoms with van der Waals surface area (Å²) in [5, 5.41) is 6.08. The maximum Gasteiger partial charge on any atom is 0.193 e. The monoisotopic (exact) mass is 238 g/mol. The highest BCUT2D eigenvalue weighted by atomic mass is 32.1. The lowest BCUT2D eigenvalue weighted by Gasteiger charge is -2.01. The number of carbonyl (C=O) groups is 1. The predicted molar refractivity (Wildman–Crippen MR) is 71.7 cm³/mol. The second-order valence-electron chi connectivity index (χ2n) is 3.90. The van der Waals surface area contributed by atoms with Crippen LogP contribution < -0.4 is 0 Å². The molecule has 0 fully saturated rings. The summed E-state index contributed by atoms with van der Waals surface area (Å²) in [5.41, 5.74) is 1.52. The second-order valence-corrected chi connectivity index (χ2v) is 4.68. The Bertz CT molecular complexity index is 668. The van der Waals surface area contributed by atoms with Crippen molar-refractivity contribution in [1.29, 1.82) is 0 Å². The highest BCUT2D eigenvalue weighted by molar-refractivity contribution is 7.08. The Morgan fingerprint density at radius 3 is 2.47 bits per heavy atom. The van der Waals surface area contributed by atoms with E-state index in [2.05, 4.69) is 0 Å². The quantitative estimate of drug-likeness (QED) is 0.613. The van der Waals surface area contributed by atoms with Crippen LogP contribution in [0.25, 0.3) is 10.8 Å². The first kappa shape index (κ1) is 10.2. The molecule has 0 amide bonds. The molecule has 3 aromatic rings. The molecule has 0 N–H and O–H groups in total. The van der Waals surface area contributed by atoms with Crippen LogP contribution in [0.1, 0.15) is 15.9 Å². The summed E-state index contributed by atoms with van der Waals surface area (Å²) >= 11 is 1.55. The van der Waals surface area contributed by atoms with Crippen molar-refractivity contribution in [3.05, 3.63) is 70.4 Å².